The molecule has 3 rings (SSSR count). The maximum atomic E-state index is 12.0. The SMILES string of the molecule is COc1ccc(NC(=O)NCc2ccnc(N3CCCC3)n2)cc1. The van der Waals surface area contributed by atoms with Crippen molar-refractivity contribution in [2.75, 3.05) is 30.4 Å². The second-order valence-corrected chi connectivity index (χ2v) is 5.58. The second kappa shape index (κ2) is 7.63. The first-order valence-electron chi connectivity index (χ1n) is 8.00. The summed E-state index contributed by atoms with van der Waals surface area (Å²) in [4.78, 5) is 23.0. The minimum atomic E-state index is -0.276. The molecule has 0 bridgehead atoms. The zero-order valence-electron chi connectivity index (χ0n) is 13.7. The summed E-state index contributed by atoms with van der Waals surface area (Å²) >= 11 is 0. The van der Waals surface area contributed by atoms with E-state index in [0.717, 1.165) is 30.5 Å². The number of carbonyl (C=O) groups is 1. The summed E-state index contributed by atoms with van der Waals surface area (Å²) in [6.45, 7) is 2.34. The van der Waals surface area contributed by atoms with E-state index in [-0.39, 0.29) is 6.03 Å². The lowest BCUT2D eigenvalue weighted by Gasteiger charge is -2.15. The summed E-state index contributed by atoms with van der Waals surface area (Å²) < 4.78 is 5.09. The number of methoxy groups -OCH3 is 1. The Morgan fingerprint density at radius 1 is 1.21 bits per heavy atom. The van der Waals surface area contributed by atoms with Crippen molar-refractivity contribution in [1.82, 2.24) is 15.3 Å². The molecule has 24 heavy (non-hydrogen) atoms. The lowest BCUT2D eigenvalue weighted by atomic mass is 10.3. The number of nitrogens with zero attached hydrogens (tertiary/aromatic N) is 3. The van der Waals surface area contributed by atoms with Crippen molar-refractivity contribution in [3.8, 4) is 5.75 Å². The fraction of sp³-hybridized carbons (Fsp3) is 0.353. The average Bonchev–Trinajstić information content (AvgIpc) is 3.16. The number of anilines is 2. The van der Waals surface area contributed by atoms with Crippen molar-refractivity contribution in [2.24, 2.45) is 0 Å². The molecule has 7 nitrogen and oxygen atoms in total. The lowest BCUT2D eigenvalue weighted by Crippen LogP contribution is -2.29. The molecule has 1 fully saturated rings. The molecular weight excluding hydrogens is 306 g/mol. The number of ether oxygens (including phenoxy) is 1. The molecule has 1 aliphatic rings. The van der Waals surface area contributed by atoms with Crippen LogP contribution in [0.5, 0.6) is 5.75 Å². The van der Waals surface area contributed by atoms with Crippen LogP contribution in [0.2, 0.25) is 0 Å². The highest BCUT2D eigenvalue weighted by atomic mass is 16.5. The Morgan fingerprint density at radius 2 is 1.96 bits per heavy atom. The van der Waals surface area contributed by atoms with Crippen LogP contribution in [0, 0.1) is 0 Å². The van der Waals surface area contributed by atoms with Gasteiger partial charge in [-0.25, -0.2) is 14.8 Å². The monoisotopic (exact) mass is 327 g/mol. The molecule has 1 saturated heterocycles. The fourth-order valence-electron chi connectivity index (χ4n) is 2.57. The Hall–Kier alpha value is -2.83. The first kappa shape index (κ1) is 16.0. The number of hydrogen-bond acceptors (Lipinski definition) is 5. The average molecular weight is 327 g/mol. The molecule has 2 heterocycles. The van der Waals surface area contributed by atoms with Crippen LogP contribution in [-0.2, 0) is 6.54 Å². The summed E-state index contributed by atoms with van der Waals surface area (Å²) in [6.07, 6.45) is 4.09. The normalized spacial score (nSPS) is 13.6. The first-order valence-corrected chi connectivity index (χ1v) is 8.00. The van der Waals surface area contributed by atoms with Gasteiger partial charge in [-0.1, -0.05) is 0 Å². The quantitative estimate of drug-likeness (QED) is 0.881. The number of nitrogens with one attached hydrogen (secondary N) is 2. The predicted octanol–water partition coefficient (Wildman–Crippen LogP) is 2.41. The van der Waals surface area contributed by atoms with Gasteiger partial charge in [0.05, 0.1) is 19.3 Å². The number of amides is 2. The maximum Gasteiger partial charge on any atom is 0.319 e. The van der Waals surface area contributed by atoms with Gasteiger partial charge in [-0.2, -0.15) is 0 Å². The van der Waals surface area contributed by atoms with E-state index in [2.05, 4.69) is 25.5 Å². The Labute approximate surface area is 141 Å². The molecule has 1 aromatic heterocycles. The van der Waals surface area contributed by atoms with Crippen LogP contribution >= 0.6 is 0 Å². The molecule has 1 aliphatic heterocycles. The molecule has 0 radical (unpaired) electrons. The molecule has 7 heteroatoms. The molecule has 2 aromatic rings. The summed E-state index contributed by atoms with van der Waals surface area (Å²) in [5, 5.41) is 5.58. The third-order valence-corrected chi connectivity index (χ3v) is 3.87. The van der Waals surface area contributed by atoms with Crippen molar-refractivity contribution in [1.29, 1.82) is 0 Å². The van der Waals surface area contributed by atoms with E-state index in [1.165, 1.54) is 12.8 Å². The maximum absolute atomic E-state index is 12.0. The second-order valence-electron chi connectivity index (χ2n) is 5.58. The van der Waals surface area contributed by atoms with Crippen LogP contribution < -0.4 is 20.3 Å². The minimum absolute atomic E-state index is 0.276. The van der Waals surface area contributed by atoms with Gasteiger partial charge < -0.3 is 20.3 Å². The summed E-state index contributed by atoms with van der Waals surface area (Å²) in [5.41, 5.74) is 1.49. The summed E-state index contributed by atoms with van der Waals surface area (Å²) in [5.74, 6) is 1.48. The molecule has 0 aliphatic carbocycles. The van der Waals surface area contributed by atoms with Gasteiger partial charge in [-0.15, -0.1) is 0 Å². The number of aromatic nitrogens is 2. The van der Waals surface area contributed by atoms with Gasteiger partial charge in [0.1, 0.15) is 5.75 Å². The molecule has 0 unspecified atom stereocenters. The fourth-order valence-corrected chi connectivity index (χ4v) is 2.57. The van der Waals surface area contributed by atoms with E-state index >= 15 is 0 Å². The van der Waals surface area contributed by atoms with Crippen LogP contribution in [0.25, 0.3) is 0 Å². The third-order valence-electron chi connectivity index (χ3n) is 3.87. The van der Waals surface area contributed by atoms with E-state index in [1.807, 2.05) is 6.07 Å². The largest absolute Gasteiger partial charge is 0.497 e. The standard InChI is InChI=1S/C17H21N5O2/c1-24-15-6-4-13(5-7-15)21-17(23)19-12-14-8-9-18-16(20-14)22-10-2-3-11-22/h4-9H,2-3,10-12H2,1H3,(H2,19,21,23). The van der Waals surface area contributed by atoms with Crippen LogP contribution in [0.4, 0.5) is 16.4 Å². The highest BCUT2D eigenvalue weighted by Gasteiger charge is 2.15. The zero-order chi connectivity index (χ0) is 16.8. The molecule has 2 N–H and O–H groups in total. The van der Waals surface area contributed by atoms with E-state index < -0.39 is 0 Å². The molecular formula is C17H21N5O2. The van der Waals surface area contributed by atoms with E-state index in [1.54, 1.807) is 37.6 Å². The first-order chi connectivity index (χ1) is 11.7. The molecule has 0 atom stereocenters. The van der Waals surface area contributed by atoms with Crippen molar-refractivity contribution in [2.45, 2.75) is 19.4 Å². The number of hydrogen-bond donors (Lipinski definition) is 2. The van der Waals surface area contributed by atoms with E-state index in [9.17, 15) is 4.79 Å². The highest BCUT2D eigenvalue weighted by Crippen LogP contribution is 2.16. The molecule has 0 spiro atoms. The van der Waals surface area contributed by atoms with Crippen LogP contribution in [0.3, 0.4) is 0 Å². The zero-order valence-corrected chi connectivity index (χ0v) is 13.7. The van der Waals surface area contributed by atoms with Crippen molar-refractivity contribution in [3.05, 3.63) is 42.2 Å². The predicted molar refractivity (Wildman–Crippen MR) is 92.3 cm³/mol. The number of urea groups is 1. The Balaban J connectivity index is 1.52. The van der Waals surface area contributed by atoms with Gasteiger partial charge in [0, 0.05) is 25.0 Å². The molecule has 1 aromatic carbocycles. The number of carbonyl (C=O) groups excluding carboxylic acids is 1. The molecule has 2 amide bonds. The van der Waals surface area contributed by atoms with Gasteiger partial charge in [0.2, 0.25) is 5.95 Å². The highest BCUT2D eigenvalue weighted by molar-refractivity contribution is 5.89. The van der Waals surface area contributed by atoms with Crippen molar-refractivity contribution < 1.29 is 9.53 Å². The molecule has 126 valence electrons. The van der Waals surface area contributed by atoms with Gasteiger partial charge in [-0.05, 0) is 43.2 Å². The van der Waals surface area contributed by atoms with Gasteiger partial charge in [-0.3, -0.25) is 0 Å². The third kappa shape index (κ3) is 4.13. The van der Waals surface area contributed by atoms with Crippen molar-refractivity contribution >= 4 is 17.7 Å². The Morgan fingerprint density at radius 3 is 2.67 bits per heavy atom. The van der Waals surface area contributed by atoms with E-state index in [0.29, 0.717) is 12.2 Å². The van der Waals surface area contributed by atoms with Crippen LogP contribution in [-0.4, -0.2) is 36.2 Å². The number of benzene rings is 1. The lowest BCUT2D eigenvalue weighted by molar-refractivity contribution is 0.251. The summed E-state index contributed by atoms with van der Waals surface area (Å²) in [6, 6.07) is 8.70. The summed E-state index contributed by atoms with van der Waals surface area (Å²) in [7, 11) is 1.60. The smallest absolute Gasteiger partial charge is 0.319 e. The topological polar surface area (TPSA) is 79.4 Å². The van der Waals surface area contributed by atoms with Gasteiger partial charge >= 0.3 is 6.03 Å². The molecule has 0 saturated carbocycles. The van der Waals surface area contributed by atoms with E-state index in [4.69, 9.17) is 4.74 Å². The Kier molecular flexibility index (Phi) is 5.10. The van der Waals surface area contributed by atoms with Gasteiger partial charge in [0.25, 0.3) is 0 Å². The van der Waals surface area contributed by atoms with Crippen LogP contribution in [0.1, 0.15) is 18.5 Å². The Bertz CT molecular complexity index is 684. The van der Waals surface area contributed by atoms with Crippen LogP contribution in [0.15, 0.2) is 36.5 Å². The number of rotatable bonds is 5. The van der Waals surface area contributed by atoms with Gasteiger partial charge in [0.15, 0.2) is 0 Å². The minimum Gasteiger partial charge on any atom is -0.497 e. The van der Waals surface area contributed by atoms with Crippen molar-refractivity contribution in [3.63, 3.8) is 0 Å².